The minimum Gasteiger partial charge on any atom is -0.322 e. The van der Waals surface area contributed by atoms with Gasteiger partial charge in [-0.1, -0.05) is 53.5 Å². The summed E-state index contributed by atoms with van der Waals surface area (Å²) in [5.41, 5.74) is 9.23. The molecule has 1 atom stereocenters. The first kappa shape index (κ1) is 14.4. The molecule has 2 N–H and O–H groups in total. The summed E-state index contributed by atoms with van der Waals surface area (Å²) in [7, 11) is 1.92. The number of halogens is 2. The Labute approximate surface area is 133 Å². The molecule has 0 bridgehead atoms. The Hall–Kier alpha value is -1.55. The predicted molar refractivity (Wildman–Crippen MR) is 87.8 cm³/mol. The summed E-state index contributed by atoms with van der Waals surface area (Å²) >= 11 is 12.3. The van der Waals surface area contributed by atoms with Crippen LogP contribution in [0.25, 0.3) is 10.9 Å². The number of hydrogen-bond donors (Lipinski definition) is 1. The molecule has 0 saturated carbocycles. The zero-order valence-corrected chi connectivity index (χ0v) is 13.1. The maximum absolute atomic E-state index is 6.35. The molecule has 0 radical (unpaired) electrons. The van der Waals surface area contributed by atoms with Crippen molar-refractivity contribution in [1.29, 1.82) is 0 Å². The van der Waals surface area contributed by atoms with Crippen molar-refractivity contribution in [2.45, 2.75) is 12.5 Å². The Morgan fingerprint density at radius 3 is 2.71 bits per heavy atom. The van der Waals surface area contributed by atoms with Gasteiger partial charge in [0.25, 0.3) is 0 Å². The lowest BCUT2D eigenvalue weighted by molar-refractivity contribution is 0.665. The zero-order valence-electron chi connectivity index (χ0n) is 11.6. The number of aryl methyl sites for hydroxylation is 1. The molecular formula is C16H15Cl2N3. The van der Waals surface area contributed by atoms with Crippen LogP contribution in [0.1, 0.15) is 17.3 Å². The number of para-hydroxylation sites is 1. The number of aromatic nitrogens is 2. The Kier molecular flexibility index (Phi) is 3.89. The number of benzene rings is 2. The number of hydrogen-bond acceptors (Lipinski definition) is 2. The van der Waals surface area contributed by atoms with E-state index in [1.54, 1.807) is 6.07 Å². The van der Waals surface area contributed by atoms with Crippen LogP contribution in [-0.4, -0.2) is 9.78 Å². The van der Waals surface area contributed by atoms with Crippen molar-refractivity contribution >= 4 is 34.1 Å². The van der Waals surface area contributed by atoms with E-state index in [2.05, 4.69) is 5.10 Å². The molecule has 0 aliphatic carbocycles. The monoisotopic (exact) mass is 319 g/mol. The van der Waals surface area contributed by atoms with E-state index in [1.165, 1.54) is 0 Å². The minimum atomic E-state index is -0.230. The van der Waals surface area contributed by atoms with Gasteiger partial charge >= 0.3 is 0 Å². The normalized spacial score (nSPS) is 12.8. The van der Waals surface area contributed by atoms with Crippen LogP contribution in [0, 0.1) is 0 Å². The first-order valence-corrected chi connectivity index (χ1v) is 7.43. The van der Waals surface area contributed by atoms with Gasteiger partial charge in [0.2, 0.25) is 0 Å². The van der Waals surface area contributed by atoms with Crippen LogP contribution in [-0.2, 0) is 13.5 Å². The lowest BCUT2D eigenvalue weighted by atomic mass is 10.0. The summed E-state index contributed by atoms with van der Waals surface area (Å²) in [6.07, 6.45) is 0.598. The van der Waals surface area contributed by atoms with Crippen molar-refractivity contribution < 1.29 is 0 Å². The van der Waals surface area contributed by atoms with Crippen LogP contribution in [0.3, 0.4) is 0 Å². The Bertz CT molecular complexity index is 795. The highest BCUT2D eigenvalue weighted by atomic mass is 35.5. The van der Waals surface area contributed by atoms with Gasteiger partial charge in [0.1, 0.15) is 0 Å². The second kappa shape index (κ2) is 5.68. The van der Waals surface area contributed by atoms with Crippen molar-refractivity contribution in [1.82, 2.24) is 9.78 Å². The van der Waals surface area contributed by atoms with Gasteiger partial charge in [-0.25, -0.2) is 0 Å². The molecule has 3 nitrogen and oxygen atoms in total. The van der Waals surface area contributed by atoms with Crippen molar-refractivity contribution in [2.75, 3.05) is 0 Å². The van der Waals surface area contributed by atoms with E-state index in [4.69, 9.17) is 28.9 Å². The van der Waals surface area contributed by atoms with Crippen LogP contribution in [0.2, 0.25) is 10.0 Å². The van der Waals surface area contributed by atoms with Gasteiger partial charge in [-0.2, -0.15) is 5.10 Å². The second-order valence-electron chi connectivity index (χ2n) is 5.05. The Balaban J connectivity index is 1.98. The fourth-order valence-corrected chi connectivity index (χ4v) is 2.95. The molecule has 108 valence electrons. The summed E-state index contributed by atoms with van der Waals surface area (Å²) in [5.74, 6) is 0. The quantitative estimate of drug-likeness (QED) is 0.789. The van der Waals surface area contributed by atoms with E-state index >= 15 is 0 Å². The first-order valence-electron chi connectivity index (χ1n) is 6.68. The molecule has 0 saturated heterocycles. The van der Waals surface area contributed by atoms with E-state index in [9.17, 15) is 0 Å². The summed E-state index contributed by atoms with van der Waals surface area (Å²) in [5, 5.41) is 6.74. The molecule has 0 aliphatic rings. The van der Waals surface area contributed by atoms with E-state index in [1.807, 2.05) is 48.1 Å². The van der Waals surface area contributed by atoms with Gasteiger partial charge in [0.15, 0.2) is 0 Å². The first-order chi connectivity index (χ1) is 10.1. The molecule has 1 unspecified atom stereocenters. The molecule has 1 aromatic heterocycles. The number of nitrogens with two attached hydrogens (primary N) is 1. The van der Waals surface area contributed by atoms with Crippen LogP contribution in [0.4, 0.5) is 0 Å². The van der Waals surface area contributed by atoms with Crippen molar-refractivity contribution in [3.63, 3.8) is 0 Å². The van der Waals surface area contributed by atoms with Gasteiger partial charge in [0, 0.05) is 12.4 Å². The SMILES string of the molecule is Cn1nc(C(N)Cc2cccc(Cl)c2Cl)c2ccccc21. The fourth-order valence-electron chi connectivity index (χ4n) is 2.56. The number of fused-ring (bicyclic) bond motifs is 1. The molecule has 3 rings (SSSR count). The summed E-state index contributed by atoms with van der Waals surface area (Å²) in [6.45, 7) is 0. The lowest BCUT2D eigenvalue weighted by Crippen LogP contribution is -2.15. The highest BCUT2D eigenvalue weighted by molar-refractivity contribution is 6.42. The van der Waals surface area contributed by atoms with E-state index < -0.39 is 0 Å². The molecule has 1 heterocycles. The largest absolute Gasteiger partial charge is 0.322 e. The van der Waals surface area contributed by atoms with Gasteiger partial charge in [0.05, 0.1) is 27.3 Å². The summed E-state index contributed by atoms with van der Waals surface area (Å²) < 4.78 is 1.85. The number of rotatable bonds is 3. The highest BCUT2D eigenvalue weighted by Crippen LogP contribution is 2.30. The van der Waals surface area contributed by atoms with Crippen LogP contribution < -0.4 is 5.73 Å². The van der Waals surface area contributed by atoms with Gasteiger partial charge in [-0.05, 0) is 24.1 Å². The van der Waals surface area contributed by atoms with Crippen molar-refractivity contribution in [3.8, 4) is 0 Å². The van der Waals surface area contributed by atoms with Gasteiger partial charge in [-0.15, -0.1) is 0 Å². The average Bonchev–Trinajstić information content (AvgIpc) is 2.82. The van der Waals surface area contributed by atoms with E-state index in [0.29, 0.717) is 16.5 Å². The molecule has 3 aromatic rings. The molecule has 21 heavy (non-hydrogen) atoms. The maximum atomic E-state index is 6.35. The fraction of sp³-hybridized carbons (Fsp3) is 0.188. The minimum absolute atomic E-state index is 0.230. The summed E-state index contributed by atoms with van der Waals surface area (Å²) in [4.78, 5) is 0. The van der Waals surface area contributed by atoms with Gasteiger partial charge in [-0.3, -0.25) is 4.68 Å². The lowest BCUT2D eigenvalue weighted by Gasteiger charge is -2.11. The van der Waals surface area contributed by atoms with E-state index in [0.717, 1.165) is 22.2 Å². The topological polar surface area (TPSA) is 43.8 Å². The molecule has 0 aliphatic heterocycles. The average molecular weight is 320 g/mol. The standard InChI is InChI=1S/C16H15Cl2N3/c1-21-14-8-3-2-6-11(14)16(20-21)13(19)9-10-5-4-7-12(17)15(10)18/h2-8,13H,9,19H2,1H3. The molecule has 5 heteroatoms. The van der Waals surface area contributed by atoms with Crippen LogP contribution in [0.5, 0.6) is 0 Å². The molecule has 0 spiro atoms. The smallest absolute Gasteiger partial charge is 0.0873 e. The second-order valence-corrected chi connectivity index (χ2v) is 5.83. The molecule has 2 aromatic carbocycles. The van der Waals surface area contributed by atoms with Crippen LogP contribution in [0.15, 0.2) is 42.5 Å². The molecule has 0 fully saturated rings. The molecular weight excluding hydrogens is 305 g/mol. The van der Waals surface area contributed by atoms with Gasteiger partial charge < -0.3 is 5.73 Å². The maximum Gasteiger partial charge on any atom is 0.0873 e. The Morgan fingerprint density at radius 2 is 1.90 bits per heavy atom. The Morgan fingerprint density at radius 1 is 1.14 bits per heavy atom. The van der Waals surface area contributed by atoms with Crippen LogP contribution >= 0.6 is 23.2 Å². The predicted octanol–water partition coefficient (Wildman–Crippen LogP) is 4.12. The van der Waals surface area contributed by atoms with Crippen molar-refractivity contribution in [3.05, 3.63) is 63.8 Å². The molecule has 0 amide bonds. The summed E-state index contributed by atoms with van der Waals surface area (Å²) in [6, 6.07) is 13.4. The zero-order chi connectivity index (χ0) is 15.0. The van der Waals surface area contributed by atoms with E-state index in [-0.39, 0.29) is 6.04 Å². The number of nitrogens with zero attached hydrogens (tertiary/aromatic N) is 2. The third-order valence-corrected chi connectivity index (χ3v) is 4.47. The highest BCUT2D eigenvalue weighted by Gasteiger charge is 2.17. The van der Waals surface area contributed by atoms with Crippen molar-refractivity contribution in [2.24, 2.45) is 12.8 Å². The third kappa shape index (κ3) is 2.64. The third-order valence-electron chi connectivity index (χ3n) is 3.61.